The first kappa shape index (κ1) is 24.5. The van der Waals surface area contributed by atoms with E-state index in [9.17, 15) is 9.59 Å². The second kappa shape index (κ2) is 8.24. The topological polar surface area (TPSA) is 72.0 Å². The summed E-state index contributed by atoms with van der Waals surface area (Å²) in [5.74, 6) is 4.64. The Morgan fingerprint density at radius 2 is 2.00 bits per heavy atom. The van der Waals surface area contributed by atoms with Gasteiger partial charge in [0.2, 0.25) is 0 Å². The maximum absolute atomic E-state index is 13.7. The summed E-state index contributed by atoms with van der Waals surface area (Å²) in [6, 6.07) is 15.2. The van der Waals surface area contributed by atoms with Crippen molar-refractivity contribution in [2.24, 2.45) is 17.3 Å². The molecule has 0 N–H and O–H groups in total. The van der Waals surface area contributed by atoms with Crippen LogP contribution in [0.5, 0.6) is 5.75 Å². The largest absolute Gasteiger partial charge is 0.497 e. The van der Waals surface area contributed by atoms with Crippen LogP contribution in [0.25, 0.3) is 0 Å². The summed E-state index contributed by atoms with van der Waals surface area (Å²) in [7, 11) is 1.72. The summed E-state index contributed by atoms with van der Waals surface area (Å²) in [5.41, 5.74) is 2.18. The fourth-order valence-electron chi connectivity index (χ4n) is 9.04. The van der Waals surface area contributed by atoms with Gasteiger partial charge in [-0.2, -0.15) is 0 Å². The monoisotopic (exact) mass is 525 g/mol. The number of benzene rings is 1. The predicted octanol–water partition coefficient (Wildman–Crippen LogP) is 4.80. The molecule has 6 atom stereocenters. The molecule has 7 heteroatoms. The third-order valence-electron chi connectivity index (χ3n) is 10.2. The zero-order chi connectivity index (χ0) is 27.2. The number of nitrogens with zero attached hydrogens (tertiary/aromatic N) is 3. The number of aromatic nitrogens is 1. The van der Waals surface area contributed by atoms with Crippen LogP contribution in [0, 0.1) is 29.2 Å². The molecular weight excluding hydrogens is 490 g/mol. The van der Waals surface area contributed by atoms with Crippen LogP contribution in [0.1, 0.15) is 68.1 Å². The van der Waals surface area contributed by atoms with Gasteiger partial charge in [-0.3, -0.25) is 14.7 Å². The highest BCUT2D eigenvalue weighted by atomic mass is 16.6. The Balaban J connectivity index is 1.37. The van der Waals surface area contributed by atoms with Crippen molar-refractivity contribution in [2.75, 3.05) is 13.7 Å². The molecule has 3 aliphatic carbocycles. The first-order valence-electron chi connectivity index (χ1n) is 14.1. The number of carbonyl (C=O) groups excluding carboxylic acids is 2. The van der Waals surface area contributed by atoms with Crippen LogP contribution in [0.3, 0.4) is 0 Å². The molecule has 2 amide bonds. The van der Waals surface area contributed by atoms with Gasteiger partial charge in [-0.25, -0.2) is 4.79 Å². The fourth-order valence-corrected chi connectivity index (χ4v) is 9.04. The Morgan fingerprint density at radius 3 is 2.74 bits per heavy atom. The number of rotatable bonds is 2. The Morgan fingerprint density at radius 1 is 1.15 bits per heavy atom. The van der Waals surface area contributed by atoms with E-state index < -0.39 is 5.60 Å². The molecule has 39 heavy (non-hydrogen) atoms. The van der Waals surface area contributed by atoms with Gasteiger partial charge in [0.15, 0.2) is 0 Å². The standard InChI is InChI=1S/C32H35N3O4/c1-30(2,3)39-29(37)35-16-13-32-23-18-22(38-4)9-8-20(23)17-26(35)31(32)12-10-25-27(32)21(19-31)11-15-34(25)28(36)24-7-5-6-14-33-24/h5-9,14,18,21,25-27H,10,12-13,16-17,19H2,1-4H3/t21-,25?,26?,27?,31?,32?/m0/s1. The van der Waals surface area contributed by atoms with E-state index in [-0.39, 0.29) is 46.7 Å². The van der Waals surface area contributed by atoms with Crippen LogP contribution in [-0.2, 0) is 16.6 Å². The molecule has 1 aromatic heterocycles. The van der Waals surface area contributed by atoms with Gasteiger partial charge < -0.3 is 14.4 Å². The van der Waals surface area contributed by atoms with Crippen LogP contribution in [-0.4, -0.2) is 58.1 Å². The molecule has 4 bridgehead atoms. The molecule has 5 aliphatic rings. The minimum Gasteiger partial charge on any atom is -0.497 e. The number of pyridine rings is 1. The molecule has 0 spiro atoms. The lowest BCUT2D eigenvalue weighted by Crippen LogP contribution is -2.71. The maximum Gasteiger partial charge on any atom is 0.410 e. The lowest BCUT2D eigenvalue weighted by molar-refractivity contribution is -0.101. The van der Waals surface area contributed by atoms with E-state index in [0.717, 1.165) is 37.9 Å². The Labute approximate surface area is 229 Å². The first-order chi connectivity index (χ1) is 18.7. The molecular formula is C32H35N3O4. The molecule has 7 nitrogen and oxygen atoms in total. The van der Waals surface area contributed by atoms with Gasteiger partial charge in [-0.05, 0) is 88.3 Å². The number of amides is 2. The van der Waals surface area contributed by atoms with Crippen molar-refractivity contribution in [3.05, 3.63) is 59.4 Å². The van der Waals surface area contributed by atoms with Crippen molar-refractivity contribution in [1.29, 1.82) is 0 Å². The average Bonchev–Trinajstić information content (AvgIpc) is 3.18. The van der Waals surface area contributed by atoms with Crippen LogP contribution in [0.4, 0.5) is 4.79 Å². The summed E-state index contributed by atoms with van der Waals surface area (Å²) < 4.78 is 11.7. The summed E-state index contributed by atoms with van der Waals surface area (Å²) in [5, 5.41) is 0. The normalized spacial score (nSPS) is 33.3. The van der Waals surface area contributed by atoms with Gasteiger partial charge in [-0.1, -0.05) is 18.1 Å². The van der Waals surface area contributed by atoms with E-state index in [1.807, 2.05) is 43.9 Å². The van der Waals surface area contributed by atoms with Crippen LogP contribution >= 0.6 is 0 Å². The third-order valence-corrected chi connectivity index (χ3v) is 10.2. The van der Waals surface area contributed by atoms with Crippen LogP contribution in [0.15, 0.2) is 42.6 Å². The fraction of sp³-hybridized carbons (Fsp3) is 0.531. The molecule has 202 valence electrons. The summed E-state index contributed by atoms with van der Waals surface area (Å²) in [6.45, 7) is 6.42. The molecule has 0 radical (unpaired) electrons. The zero-order valence-corrected chi connectivity index (χ0v) is 23.1. The van der Waals surface area contributed by atoms with E-state index in [4.69, 9.17) is 9.47 Å². The van der Waals surface area contributed by atoms with Crippen molar-refractivity contribution >= 4 is 12.0 Å². The minimum atomic E-state index is -0.553. The Bertz CT molecular complexity index is 1420. The number of piperidine rings is 1. The average molecular weight is 526 g/mol. The van der Waals surface area contributed by atoms with Crippen molar-refractivity contribution < 1.29 is 19.1 Å². The third kappa shape index (κ3) is 3.27. The molecule has 5 unspecified atom stereocenters. The number of fused-ring (bicyclic) bond motifs is 1. The number of hydrogen-bond donors (Lipinski definition) is 0. The smallest absolute Gasteiger partial charge is 0.410 e. The SMILES string of the molecule is COc1ccc2c(c1)C13CCN(C(=O)OC(C)(C)C)C(C2)C12CCC1C3[C@@H](C#CN1C(=O)c1ccccn1)C2. The molecule has 2 saturated carbocycles. The van der Waals surface area contributed by atoms with Gasteiger partial charge in [0.25, 0.3) is 5.91 Å². The Kier molecular flexibility index (Phi) is 5.18. The van der Waals surface area contributed by atoms with Crippen LogP contribution in [0.2, 0.25) is 0 Å². The van der Waals surface area contributed by atoms with Gasteiger partial charge in [0.1, 0.15) is 17.0 Å². The number of likely N-dealkylation sites (tertiary alicyclic amines) is 1. The molecule has 1 saturated heterocycles. The summed E-state index contributed by atoms with van der Waals surface area (Å²) in [4.78, 5) is 35.4. The zero-order valence-electron chi connectivity index (χ0n) is 23.1. The maximum atomic E-state index is 13.7. The molecule has 1 aromatic carbocycles. The predicted molar refractivity (Wildman–Crippen MR) is 145 cm³/mol. The highest BCUT2D eigenvalue weighted by Gasteiger charge is 2.75. The van der Waals surface area contributed by atoms with Crippen LogP contribution < -0.4 is 4.74 Å². The Hall–Kier alpha value is -3.53. The molecule has 2 aliphatic heterocycles. The van der Waals surface area contributed by atoms with Crippen molar-refractivity contribution in [1.82, 2.24) is 14.8 Å². The van der Waals surface area contributed by atoms with E-state index in [0.29, 0.717) is 12.2 Å². The lowest BCUT2D eigenvalue weighted by atomic mass is 9.43. The highest BCUT2D eigenvalue weighted by molar-refractivity contribution is 5.94. The van der Waals surface area contributed by atoms with Gasteiger partial charge >= 0.3 is 6.09 Å². The number of carbonyl (C=O) groups is 2. The molecule has 7 rings (SSSR count). The van der Waals surface area contributed by atoms with Crippen molar-refractivity contribution in [3.8, 4) is 17.7 Å². The van der Waals surface area contributed by atoms with E-state index in [2.05, 4.69) is 29.1 Å². The second-order valence-corrected chi connectivity index (χ2v) is 12.9. The van der Waals surface area contributed by atoms with Gasteiger partial charge in [0, 0.05) is 47.5 Å². The first-order valence-corrected chi connectivity index (χ1v) is 14.1. The summed E-state index contributed by atoms with van der Waals surface area (Å²) >= 11 is 0. The molecule has 2 aromatic rings. The molecule has 3 heterocycles. The van der Waals surface area contributed by atoms with E-state index in [1.165, 1.54) is 11.1 Å². The second-order valence-electron chi connectivity index (χ2n) is 12.9. The minimum absolute atomic E-state index is 0.00672. The van der Waals surface area contributed by atoms with Crippen molar-refractivity contribution in [3.63, 3.8) is 0 Å². The highest BCUT2D eigenvalue weighted by Crippen LogP contribution is 2.74. The number of ether oxygens (including phenoxy) is 2. The molecule has 3 fully saturated rings. The van der Waals surface area contributed by atoms with Gasteiger partial charge in [-0.15, -0.1) is 0 Å². The summed E-state index contributed by atoms with van der Waals surface area (Å²) in [6.07, 6.45) is 5.81. The van der Waals surface area contributed by atoms with Gasteiger partial charge in [0.05, 0.1) is 13.2 Å². The number of methoxy groups -OCH3 is 1. The quantitative estimate of drug-likeness (QED) is 0.527. The van der Waals surface area contributed by atoms with E-state index in [1.54, 1.807) is 24.3 Å². The van der Waals surface area contributed by atoms with E-state index >= 15 is 0 Å². The van der Waals surface area contributed by atoms with Crippen molar-refractivity contribution in [2.45, 2.75) is 76.0 Å². The number of hydrogen-bond acceptors (Lipinski definition) is 5. The lowest BCUT2D eigenvalue weighted by Gasteiger charge is -2.66.